The standard InChI is InChI=1S/C23H27N3O3/c1-28-20-12-18-19(13-21(20)29-15-17-2-3-17)25-22(27)23(18)6-10-26(11-7-23)14-16-4-8-24-9-5-16/h4-5,8-9,12-13,17H,2-3,6-7,10-11,14-15H2,1H3,(H,25,27). The molecule has 152 valence electrons. The lowest BCUT2D eigenvalue weighted by Crippen LogP contribution is -2.46. The van der Waals surface area contributed by atoms with E-state index >= 15 is 0 Å². The maximum absolute atomic E-state index is 13.0. The Labute approximate surface area is 171 Å². The van der Waals surface area contributed by atoms with Gasteiger partial charge in [0.1, 0.15) is 0 Å². The number of methoxy groups -OCH3 is 1. The molecule has 0 atom stereocenters. The van der Waals surface area contributed by atoms with Gasteiger partial charge in [0.25, 0.3) is 0 Å². The highest BCUT2D eigenvalue weighted by molar-refractivity contribution is 6.06. The lowest BCUT2D eigenvalue weighted by atomic mass is 9.73. The molecule has 2 aromatic rings. The lowest BCUT2D eigenvalue weighted by Gasteiger charge is -2.38. The number of aromatic nitrogens is 1. The fraction of sp³-hybridized carbons (Fsp3) is 0.478. The number of hydrogen-bond acceptors (Lipinski definition) is 5. The smallest absolute Gasteiger partial charge is 0.235 e. The molecule has 1 saturated carbocycles. The van der Waals surface area contributed by atoms with Crippen molar-refractivity contribution in [2.45, 2.75) is 37.6 Å². The summed E-state index contributed by atoms with van der Waals surface area (Å²) in [7, 11) is 1.67. The van der Waals surface area contributed by atoms with Crippen LogP contribution in [0.4, 0.5) is 5.69 Å². The van der Waals surface area contributed by atoms with E-state index in [1.54, 1.807) is 7.11 Å². The Bertz CT molecular complexity index is 903. The van der Waals surface area contributed by atoms with Gasteiger partial charge in [0.05, 0.1) is 19.1 Å². The van der Waals surface area contributed by atoms with Gasteiger partial charge < -0.3 is 14.8 Å². The summed E-state index contributed by atoms with van der Waals surface area (Å²) in [5.41, 5.74) is 2.73. The molecular weight excluding hydrogens is 366 g/mol. The average Bonchev–Trinajstić information content (AvgIpc) is 3.54. The van der Waals surface area contributed by atoms with Crippen molar-refractivity contribution < 1.29 is 14.3 Å². The molecule has 1 amide bonds. The minimum Gasteiger partial charge on any atom is -0.493 e. The second-order valence-corrected chi connectivity index (χ2v) is 8.47. The van der Waals surface area contributed by atoms with Gasteiger partial charge in [-0.25, -0.2) is 0 Å². The first-order valence-electron chi connectivity index (χ1n) is 10.5. The summed E-state index contributed by atoms with van der Waals surface area (Å²) in [6.45, 7) is 3.39. The molecule has 2 fully saturated rings. The van der Waals surface area contributed by atoms with Crippen molar-refractivity contribution in [2.24, 2.45) is 5.92 Å². The molecule has 1 spiro atoms. The number of benzene rings is 1. The number of pyridine rings is 1. The van der Waals surface area contributed by atoms with E-state index in [1.807, 2.05) is 24.5 Å². The number of ether oxygens (including phenoxy) is 2. The summed E-state index contributed by atoms with van der Waals surface area (Å²) in [5, 5.41) is 3.12. The quantitative estimate of drug-likeness (QED) is 0.815. The number of carbonyl (C=O) groups excluding carboxylic acids is 1. The summed E-state index contributed by atoms with van der Waals surface area (Å²) in [5.74, 6) is 2.22. The fourth-order valence-corrected chi connectivity index (χ4v) is 4.52. The third-order valence-electron chi connectivity index (χ3n) is 6.54. The molecule has 6 heteroatoms. The number of fused-ring (bicyclic) bond motifs is 2. The third-order valence-corrected chi connectivity index (χ3v) is 6.54. The number of likely N-dealkylation sites (tertiary alicyclic amines) is 1. The Morgan fingerprint density at radius 3 is 2.62 bits per heavy atom. The largest absolute Gasteiger partial charge is 0.493 e. The second-order valence-electron chi connectivity index (χ2n) is 8.47. The maximum atomic E-state index is 13.0. The van der Waals surface area contributed by atoms with Crippen LogP contribution in [0.3, 0.4) is 0 Å². The number of carbonyl (C=O) groups is 1. The molecular formula is C23H27N3O3. The van der Waals surface area contributed by atoms with Crippen LogP contribution in [0.25, 0.3) is 0 Å². The number of rotatable bonds is 6. The Kier molecular flexibility index (Phi) is 4.66. The molecule has 1 N–H and O–H groups in total. The summed E-state index contributed by atoms with van der Waals surface area (Å²) in [6.07, 6.45) is 7.75. The van der Waals surface area contributed by atoms with Gasteiger partial charge in [0, 0.05) is 30.7 Å². The normalized spacial score (nSPS) is 20.4. The number of amides is 1. The van der Waals surface area contributed by atoms with Gasteiger partial charge in [0.15, 0.2) is 11.5 Å². The number of nitrogens with one attached hydrogen (secondary N) is 1. The lowest BCUT2D eigenvalue weighted by molar-refractivity contribution is -0.122. The van der Waals surface area contributed by atoms with Crippen molar-refractivity contribution in [3.63, 3.8) is 0 Å². The maximum Gasteiger partial charge on any atom is 0.235 e. The van der Waals surface area contributed by atoms with Crippen LogP contribution in [-0.2, 0) is 16.8 Å². The zero-order valence-electron chi connectivity index (χ0n) is 16.8. The Morgan fingerprint density at radius 2 is 1.93 bits per heavy atom. The van der Waals surface area contributed by atoms with E-state index in [0.717, 1.165) is 61.8 Å². The first kappa shape index (κ1) is 18.4. The van der Waals surface area contributed by atoms with Gasteiger partial charge >= 0.3 is 0 Å². The predicted molar refractivity (Wildman–Crippen MR) is 110 cm³/mol. The van der Waals surface area contributed by atoms with Crippen LogP contribution < -0.4 is 14.8 Å². The van der Waals surface area contributed by atoms with Crippen LogP contribution >= 0.6 is 0 Å². The molecule has 1 aromatic carbocycles. The molecule has 1 aromatic heterocycles. The van der Waals surface area contributed by atoms with E-state index < -0.39 is 5.41 Å². The minimum atomic E-state index is -0.466. The molecule has 1 saturated heterocycles. The van der Waals surface area contributed by atoms with Crippen LogP contribution in [0.2, 0.25) is 0 Å². The van der Waals surface area contributed by atoms with Crippen LogP contribution in [0.15, 0.2) is 36.7 Å². The Balaban J connectivity index is 1.35. The number of nitrogens with zero attached hydrogens (tertiary/aromatic N) is 2. The van der Waals surface area contributed by atoms with Gasteiger partial charge in [-0.15, -0.1) is 0 Å². The van der Waals surface area contributed by atoms with Gasteiger partial charge in [0.2, 0.25) is 5.91 Å². The van der Waals surface area contributed by atoms with E-state index in [9.17, 15) is 4.79 Å². The van der Waals surface area contributed by atoms with Crippen molar-refractivity contribution >= 4 is 11.6 Å². The summed E-state index contributed by atoms with van der Waals surface area (Å²) >= 11 is 0. The van der Waals surface area contributed by atoms with Crippen molar-refractivity contribution in [3.8, 4) is 11.5 Å². The monoisotopic (exact) mass is 393 g/mol. The topological polar surface area (TPSA) is 63.7 Å². The van der Waals surface area contributed by atoms with Crippen LogP contribution in [0.5, 0.6) is 11.5 Å². The summed E-state index contributed by atoms with van der Waals surface area (Å²) in [4.78, 5) is 19.5. The van der Waals surface area contributed by atoms with Crippen molar-refractivity contribution in [1.82, 2.24) is 9.88 Å². The first-order valence-corrected chi connectivity index (χ1v) is 10.5. The number of anilines is 1. The number of piperidine rings is 1. The fourth-order valence-electron chi connectivity index (χ4n) is 4.52. The van der Waals surface area contributed by atoms with Gasteiger partial charge in [-0.3, -0.25) is 14.7 Å². The highest BCUT2D eigenvalue weighted by Crippen LogP contribution is 2.49. The molecule has 29 heavy (non-hydrogen) atoms. The molecule has 3 heterocycles. The summed E-state index contributed by atoms with van der Waals surface area (Å²) in [6, 6.07) is 8.08. The molecule has 5 rings (SSSR count). The molecule has 1 aliphatic carbocycles. The SMILES string of the molecule is COc1cc2c(cc1OCC1CC1)NC(=O)C21CCN(Cc2ccncc2)CC1. The highest BCUT2D eigenvalue weighted by atomic mass is 16.5. The Morgan fingerprint density at radius 1 is 1.17 bits per heavy atom. The zero-order valence-corrected chi connectivity index (χ0v) is 16.8. The van der Waals surface area contributed by atoms with E-state index in [0.29, 0.717) is 5.92 Å². The molecule has 2 aliphatic heterocycles. The first-order chi connectivity index (χ1) is 14.2. The second kappa shape index (κ2) is 7.34. The van der Waals surface area contributed by atoms with Crippen LogP contribution in [0.1, 0.15) is 36.8 Å². The molecule has 6 nitrogen and oxygen atoms in total. The molecule has 0 unspecified atom stereocenters. The zero-order chi connectivity index (χ0) is 19.8. The van der Waals surface area contributed by atoms with E-state index in [-0.39, 0.29) is 5.91 Å². The summed E-state index contributed by atoms with van der Waals surface area (Å²) < 4.78 is 11.6. The third kappa shape index (κ3) is 3.46. The molecule has 0 radical (unpaired) electrons. The molecule has 0 bridgehead atoms. The van der Waals surface area contributed by atoms with E-state index in [1.165, 1.54) is 18.4 Å². The average molecular weight is 393 g/mol. The number of hydrogen-bond donors (Lipinski definition) is 1. The van der Waals surface area contributed by atoms with E-state index in [2.05, 4.69) is 27.3 Å². The predicted octanol–water partition coefficient (Wildman–Crippen LogP) is 3.36. The minimum absolute atomic E-state index is 0.109. The van der Waals surface area contributed by atoms with Crippen LogP contribution in [-0.4, -0.2) is 42.6 Å². The van der Waals surface area contributed by atoms with Gasteiger partial charge in [-0.2, -0.15) is 0 Å². The van der Waals surface area contributed by atoms with Crippen molar-refractivity contribution in [1.29, 1.82) is 0 Å². The molecule has 3 aliphatic rings. The van der Waals surface area contributed by atoms with Gasteiger partial charge in [-0.05, 0) is 74.0 Å². The van der Waals surface area contributed by atoms with Gasteiger partial charge in [-0.1, -0.05) is 0 Å². The Hall–Kier alpha value is -2.60. The van der Waals surface area contributed by atoms with Crippen molar-refractivity contribution in [3.05, 3.63) is 47.8 Å². The highest BCUT2D eigenvalue weighted by Gasteiger charge is 2.49. The van der Waals surface area contributed by atoms with E-state index in [4.69, 9.17) is 9.47 Å². The van der Waals surface area contributed by atoms with Crippen molar-refractivity contribution in [2.75, 3.05) is 32.1 Å². The van der Waals surface area contributed by atoms with Crippen LogP contribution in [0, 0.1) is 5.92 Å².